The zero-order valence-corrected chi connectivity index (χ0v) is 12.3. The molecular weight excluding hydrogens is 281 g/mol. The van der Waals surface area contributed by atoms with Crippen molar-refractivity contribution in [2.45, 2.75) is 6.54 Å². The van der Waals surface area contributed by atoms with Gasteiger partial charge in [0.25, 0.3) is 0 Å². The standard InChI is InChI=1S/C14H19ClFN3O/c1-17-9-14(20)19-6-4-18(5-7-19)10-11-2-3-12(16)8-13(11)15/h2-3,8,17H,4-7,9-10H2,1H3. The average molecular weight is 300 g/mol. The molecule has 1 aromatic carbocycles. The van der Waals surface area contributed by atoms with Crippen molar-refractivity contribution in [2.75, 3.05) is 39.8 Å². The number of carbonyl (C=O) groups is 1. The van der Waals surface area contributed by atoms with Crippen LogP contribution in [0.3, 0.4) is 0 Å². The first-order valence-electron chi connectivity index (χ1n) is 6.69. The monoisotopic (exact) mass is 299 g/mol. The van der Waals surface area contributed by atoms with E-state index in [9.17, 15) is 9.18 Å². The smallest absolute Gasteiger partial charge is 0.236 e. The number of hydrogen-bond acceptors (Lipinski definition) is 3. The second-order valence-corrected chi connectivity index (χ2v) is 5.33. The Kier molecular flexibility index (Phi) is 5.34. The fourth-order valence-corrected chi connectivity index (χ4v) is 2.54. The molecule has 0 saturated carbocycles. The molecule has 20 heavy (non-hydrogen) atoms. The Morgan fingerprint density at radius 3 is 2.65 bits per heavy atom. The van der Waals surface area contributed by atoms with Crippen LogP contribution in [0.15, 0.2) is 18.2 Å². The number of nitrogens with one attached hydrogen (secondary N) is 1. The second-order valence-electron chi connectivity index (χ2n) is 4.92. The summed E-state index contributed by atoms with van der Waals surface area (Å²) in [5, 5.41) is 3.33. The summed E-state index contributed by atoms with van der Waals surface area (Å²) in [6.07, 6.45) is 0. The van der Waals surface area contributed by atoms with Gasteiger partial charge in [0.15, 0.2) is 0 Å². The molecule has 0 unspecified atom stereocenters. The molecule has 0 radical (unpaired) electrons. The maximum Gasteiger partial charge on any atom is 0.236 e. The SMILES string of the molecule is CNCC(=O)N1CCN(Cc2ccc(F)cc2Cl)CC1. The summed E-state index contributed by atoms with van der Waals surface area (Å²) in [5.41, 5.74) is 0.920. The van der Waals surface area contributed by atoms with Gasteiger partial charge in [0.05, 0.1) is 6.54 Å². The zero-order chi connectivity index (χ0) is 14.5. The molecule has 1 fully saturated rings. The van der Waals surface area contributed by atoms with Gasteiger partial charge in [-0.2, -0.15) is 0 Å². The third-order valence-electron chi connectivity index (χ3n) is 3.46. The van der Waals surface area contributed by atoms with Crippen LogP contribution in [0.1, 0.15) is 5.56 Å². The maximum atomic E-state index is 13.0. The molecule has 0 aliphatic carbocycles. The number of rotatable bonds is 4. The molecule has 110 valence electrons. The molecule has 1 N–H and O–H groups in total. The molecule has 1 aromatic rings. The van der Waals surface area contributed by atoms with Crippen LogP contribution in [0.4, 0.5) is 4.39 Å². The predicted molar refractivity (Wildman–Crippen MR) is 77.2 cm³/mol. The minimum atomic E-state index is -0.318. The molecule has 0 atom stereocenters. The summed E-state index contributed by atoms with van der Waals surface area (Å²) >= 11 is 6.03. The first-order chi connectivity index (χ1) is 9.60. The zero-order valence-electron chi connectivity index (χ0n) is 11.5. The Labute approximate surface area is 123 Å². The van der Waals surface area contributed by atoms with Gasteiger partial charge in [-0.05, 0) is 24.7 Å². The van der Waals surface area contributed by atoms with Gasteiger partial charge >= 0.3 is 0 Å². The van der Waals surface area contributed by atoms with Crippen LogP contribution in [0.5, 0.6) is 0 Å². The van der Waals surface area contributed by atoms with Gasteiger partial charge in [-0.1, -0.05) is 17.7 Å². The highest BCUT2D eigenvalue weighted by atomic mass is 35.5. The summed E-state index contributed by atoms with van der Waals surface area (Å²) < 4.78 is 13.0. The van der Waals surface area contributed by atoms with Gasteiger partial charge in [0, 0.05) is 37.7 Å². The van der Waals surface area contributed by atoms with E-state index in [-0.39, 0.29) is 11.7 Å². The van der Waals surface area contributed by atoms with Crippen LogP contribution in [0.25, 0.3) is 0 Å². The van der Waals surface area contributed by atoms with Crippen molar-refractivity contribution in [1.29, 1.82) is 0 Å². The van der Waals surface area contributed by atoms with Crippen LogP contribution in [0.2, 0.25) is 5.02 Å². The molecule has 0 aromatic heterocycles. The van der Waals surface area contributed by atoms with Crippen molar-refractivity contribution in [3.63, 3.8) is 0 Å². The lowest BCUT2D eigenvalue weighted by molar-refractivity contribution is -0.131. The van der Waals surface area contributed by atoms with Gasteiger partial charge in [-0.15, -0.1) is 0 Å². The quantitative estimate of drug-likeness (QED) is 0.911. The molecule has 6 heteroatoms. The van der Waals surface area contributed by atoms with Gasteiger partial charge in [-0.3, -0.25) is 9.69 Å². The second kappa shape index (κ2) is 7.02. The van der Waals surface area contributed by atoms with Gasteiger partial charge in [0.2, 0.25) is 5.91 Å². The van der Waals surface area contributed by atoms with E-state index in [2.05, 4.69) is 10.2 Å². The molecule has 1 amide bonds. The molecule has 1 saturated heterocycles. The number of halogens is 2. The van der Waals surface area contributed by atoms with Crippen molar-refractivity contribution in [3.05, 3.63) is 34.6 Å². The Morgan fingerprint density at radius 1 is 1.35 bits per heavy atom. The molecule has 1 aliphatic heterocycles. The molecule has 0 spiro atoms. The van der Waals surface area contributed by atoms with Gasteiger partial charge < -0.3 is 10.2 Å². The van der Waals surface area contributed by atoms with Crippen LogP contribution in [-0.2, 0) is 11.3 Å². The fourth-order valence-electron chi connectivity index (χ4n) is 2.31. The molecule has 2 rings (SSSR count). The number of carbonyl (C=O) groups excluding carboxylic acids is 1. The van der Waals surface area contributed by atoms with E-state index in [0.29, 0.717) is 18.1 Å². The van der Waals surface area contributed by atoms with E-state index < -0.39 is 0 Å². The highest BCUT2D eigenvalue weighted by Gasteiger charge is 2.20. The topological polar surface area (TPSA) is 35.6 Å². The summed E-state index contributed by atoms with van der Waals surface area (Å²) in [4.78, 5) is 15.8. The van der Waals surface area contributed by atoms with Crippen molar-refractivity contribution in [2.24, 2.45) is 0 Å². The number of hydrogen-bond donors (Lipinski definition) is 1. The van der Waals surface area contributed by atoms with Crippen molar-refractivity contribution < 1.29 is 9.18 Å². The van der Waals surface area contributed by atoms with E-state index in [4.69, 9.17) is 11.6 Å². The third-order valence-corrected chi connectivity index (χ3v) is 3.81. The molecule has 1 aliphatic rings. The van der Waals surface area contributed by atoms with Crippen LogP contribution < -0.4 is 5.32 Å². The van der Waals surface area contributed by atoms with Crippen LogP contribution in [-0.4, -0.2) is 55.5 Å². The summed E-state index contributed by atoms with van der Waals surface area (Å²) in [5.74, 6) is -0.187. The lowest BCUT2D eigenvalue weighted by Gasteiger charge is -2.34. The Balaban J connectivity index is 1.86. The van der Waals surface area contributed by atoms with E-state index in [0.717, 1.165) is 31.7 Å². The maximum absolute atomic E-state index is 13.0. The van der Waals surface area contributed by atoms with E-state index >= 15 is 0 Å². The lowest BCUT2D eigenvalue weighted by atomic mass is 10.2. The first-order valence-corrected chi connectivity index (χ1v) is 7.06. The number of benzene rings is 1. The highest BCUT2D eigenvalue weighted by Crippen LogP contribution is 2.19. The predicted octanol–water partition coefficient (Wildman–Crippen LogP) is 1.34. The number of nitrogens with zero attached hydrogens (tertiary/aromatic N) is 2. The van der Waals surface area contributed by atoms with Crippen LogP contribution >= 0.6 is 11.6 Å². The molecular formula is C14H19ClFN3O. The molecule has 0 bridgehead atoms. The first kappa shape index (κ1) is 15.2. The summed E-state index contributed by atoms with van der Waals surface area (Å²) in [6.45, 7) is 4.13. The van der Waals surface area contributed by atoms with E-state index in [1.54, 1.807) is 13.1 Å². The van der Waals surface area contributed by atoms with Crippen molar-refractivity contribution in [1.82, 2.24) is 15.1 Å². The normalized spacial score (nSPS) is 16.4. The Morgan fingerprint density at radius 2 is 2.05 bits per heavy atom. The third kappa shape index (κ3) is 3.91. The minimum absolute atomic E-state index is 0.131. The fraction of sp³-hybridized carbons (Fsp3) is 0.500. The number of likely N-dealkylation sites (N-methyl/N-ethyl adjacent to an activating group) is 1. The van der Waals surface area contributed by atoms with Crippen molar-refractivity contribution >= 4 is 17.5 Å². The Hall–Kier alpha value is -1.17. The summed E-state index contributed by atoms with van der Waals surface area (Å²) in [6, 6.07) is 4.48. The number of amides is 1. The molecule has 4 nitrogen and oxygen atoms in total. The van der Waals surface area contributed by atoms with Gasteiger partial charge in [0.1, 0.15) is 5.82 Å². The molecule has 1 heterocycles. The minimum Gasteiger partial charge on any atom is -0.339 e. The van der Waals surface area contributed by atoms with Crippen LogP contribution in [0, 0.1) is 5.82 Å². The highest BCUT2D eigenvalue weighted by molar-refractivity contribution is 6.31. The van der Waals surface area contributed by atoms with Gasteiger partial charge in [-0.25, -0.2) is 4.39 Å². The lowest BCUT2D eigenvalue weighted by Crippen LogP contribution is -2.50. The number of piperazine rings is 1. The summed E-state index contributed by atoms with van der Waals surface area (Å²) in [7, 11) is 1.77. The van der Waals surface area contributed by atoms with E-state index in [1.165, 1.54) is 12.1 Å². The van der Waals surface area contributed by atoms with E-state index in [1.807, 2.05) is 4.90 Å². The van der Waals surface area contributed by atoms with Crippen molar-refractivity contribution in [3.8, 4) is 0 Å². The largest absolute Gasteiger partial charge is 0.339 e. The Bertz CT molecular complexity index is 475. The average Bonchev–Trinajstić information content (AvgIpc) is 2.43.